The zero-order valence-corrected chi connectivity index (χ0v) is 22.8. The van der Waals surface area contributed by atoms with Crippen LogP contribution in [0, 0.1) is 17.7 Å². The molecule has 4 atom stereocenters. The molecule has 1 spiro atoms. The Labute approximate surface area is 235 Å². The summed E-state index contributed by atoms with van der Waals surface area (Å²) in [6, 6.07) is 8.83. The third kappa shape index (κ3) is 4.42. The largest absolute Gasteiger partial charge is 0.490 e. The van der Waals surface area contributed by atoms with E-state index in [4.69, 9.17) is 27.9 Å². The Balaban J connectivity index is 1.54. The maximum Gasteiger partial charge on any atom is 0.237 e. The first-order chi connectivity index (χ1) is 18.4. The van der Waals surface area contributed by atoms with Crippen LogP contribution in [0.1, 0.15) is 42.9 Å². The number of fused-ring (bicyclic) bond motifs is 2. The smallest absolute Gasteiger partial charge is 0.237 e. The van der Waals surface area contributed by atoms with E-state index in [1.807, 2.05) is 36.1 Å². The van der Waals surface area contributed by atoms with Crippen LogP contribution >= 0.6 is 35.0 Å². The molecule has 0 aromatic heterocycles. The van der Waals surface area contributed by atoms with E-state index in [9.17, 15) is 14.0 Å². The molecule has 9 heteroatoms. The second-order valence-corrected chi connectivity index (χ2v) is 12.4. The highest BCUT2D eigenvalue weighted by atomic mass is 35.5. The average Bonchev–Trinajstić information content (AvgIpc) is 3.18. The standard InChI is InChI=1S/C29H27Cl2FN2O3S/c30-17-3-1-2-16(12-17)23-15-26(35)34-27(29(23)22-6-4-18(31)13-24(22)33-28(29)36)21-14-19(32)5-7-25(21)37-20-8-10-38-11-9-20/h1-7,13-14,16,20,23,27H,8-12,15H2,(H,33,36)(H,34,35)/t16?,23-,27+,29-/m0/s1. The average molecular weight is 574 g/mol. The molecule has 2 aromatic rings. The molecule has 2 amide bonds. The van der Waals surface area contributed by atoms with Crippen molar-refractivity contribution in [2.75, 3.05) is 16.8 Å². The third-order valence-corrected chi connectivity index (χ3v) is 9.69. The number of allylic oxidation sites excluding steroid dienone is 4. The summed E-state index contributed by atoms with van der Waals surface area (Å²) in [4.78, 5) is 27.5. The van der Waals surface area contributed by atoms with Gasteiger partial charge >= 0.3 is 0 Å². The predicted molar refractivity (Wildman–Crippen MR) is 149 cm³/mol. The molecular weight excluding hydrogens is 546 g/mol. The van der Waals surface area contributed by atoms with Crippen molar-refractivity contribution in [1.82, 2.24) is 5.32 Å². The van der Waals surface area contributed by atoms with Crippen LogP contribution in [0.5, 0.6) is 5.75 Å². The molecule has 0 saturated carbocycles. The molecule has 2 aromatic carbocycles. The topological polar surface area (TPSA) is 67.4 Å². The summed E-state index contributed by atoms with van der Waals surface area (Å²) in [5, 5.41) is 7.26. The summed E-state index contributed by atoms with van der Waals surface area (Å²) in [6.45, 7) is 0. The minimum absolute atomic E-state index is 0.0137. The summed E-state index contributed by atoms with van der Waals surface area (Å²) in [6.07, 6.45) is 8.09. The normalized spacial score (nSPS) is 29.0. The molecule has 198 valence electrons. The minimum atomic E-state index is -1.23. The maximum absolute atomic E-state index is 14.9. The minimum Gasteiger partial charge on any atom is -0.490 e. The summed E-state index contributed by atoms with van der Waals surface area (Å²) in [5.41, 5.74) is 0.551. The molecule has 4 aliphatic rings. The van der Waals surface area contributed by atoms with Crippen LogP contribution in [-0.4, -0.2) is 29.4 Å². The van der Waals surface area contributed by atoms with E-state index in [0.29, 0.717) is 33.5 Å². The van der Waals surface area contributed by atoms with Gasteiger partial charge in [-0.05, 0) is 84.6 Å². The highest BCUT2D eigenvalue weighted by Gasteiger charge is 2.62. The summed E-state index contributed by atoms with van der Waals surface area (Å²) >= 11 is 14.6. The monoisotopic (exact) mass is 572 g/mol. The van der Waals surface area contributed by atoms with E-state index in [-0.39, 0.29) is 30.3 Å². The van der Waals surface area contributed by atoms with E-state index in [2.05, 4.69) is 10.6 Å². The molecule has 1 aliphatic carbocycles. The molecule has 0 radical (unpaired) electrons. The fraction of sp³-hybridized carbons (Fsp3) is 0.379. The van der Waals surface area contributed by atoms with Gasteiger partial charge in [0.2, 0.25) is 11.8 Å². The number of carbonyl (C=O) groups is 2. The number of thioether (sulfide) groups is 1. The Hall–Kier alpha value is -2.48. The summed E-state index contributed by atoms with van der Waals surface area (Å²) in [7, 11) is 0. The van der Waals surface area contributed by atoms with Crippen molar-refractivity contribution in [2.45, 2.75) is 43.2 Å². The van der Waals surface area contributed by atoms with Gasteiger partial charge < -0.3 is 15.4 Å². The molecule has 2 saturated heterocycles. The van der Waals surface area contributed by atoms with Crippen LogP contribution in [0.3, 0.4) is 0 Å². The van der Waals surface area contributed by atoms with Crippen LogP contribution in [0.25, 0.3) is 0 Å². The van der Waals surface area contributed by atoms with E-state index >= 15 is 0 Å². The number of benzene rings is 2. The van der Waals surface area contributed by atoms with E-state index in [1.165, 1.54) is 12.1 Å². The van der Waals surface area contributed by atoms with Crippen molar-refractivity contribution in [1.29, 1.82) is 0 Å². The van der Waals surface area contributed by atoms with Crippen molar-refractivity contribution in [3.63, 3.8) is 0 Å². The molecule has 3 heterocycles. The van der Waals surface area contributed by atoms with E-state index in [0.717, 1.165) is 29.9 Å². The van der Waals surface area contributed by atoms with Gasteiger partial charge in [0.25, 0.3) is 0 Å². The Bertz CT molecular complexity index is 1360. The Kier molecular flexibility index (Phi) is 6.95. The van der Waals surface area contributed by atoms with Crippen LogP contribution < -0.4 is 15.4 Å². The van der Waals surface area contributed by atoms with Gasteiger partial charge in [0.1, 0.15) is 23.1 Å². The number of carbonyl (C=O) groups excluding carboxylic acids is 2. The highest BCUT2D eigenvalue weighted by Crippen LogP contribution is 2.58. The molecule has 2 N–H and O–H groups in total. The van der Waals surface area contributed by atoms with Gasteiger partial charge in [-0.15, -0.1) is 0 Å². The SMILES string of the molecule is O=C1C[C@@H](C2C=CC=C(Cl)C2)[C@]2(C(=O)Nc3cc(Cl)ccc32)[C@@H](c2cc(F)ccc2OC2CCSCC2)N1. The Morgan fingerprint density at radius 2 is 1.87 bits per heavy atom. The number of amides is 2. The second-order valence-electron chi connectivity index (χ2n) is 10.3. The van der Waals surface area contributed by atoms with Gasteiger partial charge in [0, 0.05) is 27.7 Å². The molecule has 0 bridgehead atoms. The predicted octanol–water partition coefficient (Wildman–Crippen LogP) is 6.52. The molecule has 3 aliphatic heterocycles. The van der Waals surface area contributed by atoms with Crippen LogP contribution in [-0.2, 0) is 15.0 Å². The lowest BCUT2D eigenvalue weighted by atomic mass is 9.57. The van der Waals surface area contributed by atoms with Gasteiger partial charge in [-0.2, -0.15) is 11.8 Å². The zero-order valence-electron chi connectivity index (χ0n) is 20.5. The van der Waals surface area contributed by atoms with Gasteiger partial charge in [0.05, 0.1) is 6.04 Å². The van der Waals surface area contributed by atoms with Gasteiger partial charge in [-0.3, -0.25) is 9.59 Å². The van der Waals surface area contributed by atoms with E-state index < -0.39 is 23.2 Å². The lowest BCUT2D eigenvalue weighted by molar-refractivity contribution is -0.135. The quantitative estimate of drug-likeness (QED) is 0.437. The molecule has 38 heavy (non-hydrogen) atoms. The van der Waals surface area contributed by atoms with Crippen LogP contribution in [0.2, 0.25) is 5.02 Å². The Morgan fingerprint density at radius 1 is 1.05 bits per heavy atom. The number of halogens is 3. The van der Waals surface area contributed by atoms with Gasteiger partial charge in [-0.1, -0.05) is 41.4 Å². The summed E-state index contributed by atoms with van der Waals surface area (Å²) in [5.74, 6) is 0.930. The second kappa shape index (κ2) is 10.2. The first-order valence-electron chi connectivity index (χ1n) is 12.8. The van der Waals surface area contributed by atoms with E-state index in [1.54, 1.807) is 18.2 Å². The molecular formula is C29H27Cl2FN2O3S. The molecule has 5 nitrogen and oxygen atoms in total. The molecule has 2 fully saturated rings. The van der Waals surface area contributed by atoms with Gasteiger partial charge in [0.15, 0.2) is 0 Å². The fourth-order valence-corrected chi connectivity index (χ4v) is 7.96. The summed E-state index contributed by atoms with van der Waals surface area (Å²) < 4.78 is 21.3. The molecule has 6 rings (SSSR count). The number of ether oxygens (including phenoxy) is 1. The first kappa shape index (κ1) is 25.8. The number of nitrogens with one attached hydrogen (secondary N) is 2. The zero-order chi connectivity index (χ0) is 26.4. The number of rotatable bonds is 4. The number of hydrogen-bond donors (Lipinski definition) is 2. The first-order valence-corrected chi connectivity index (χ1v) is 14.7. The van der Waals surface area contributed by atoms with Crippen molar-refractivity contribution in [3.8, 4) is 5.75 Å². The van der Waals surface area contributed by atoms with Crippen molar-refractivity contribution in [3.05, 3.63) is 81.6 Å². The van der Waals surface area contributed by atoms with Crippen LogP contribution in [0.15, 0.2) is 59.7 Å². The lowest BCUT2D eigenvalue weighted by Gasteiger charge is -2.49. The van der Waals surface area contributed by atoms with Gasteiger partial charge in [-0.25, -0.2) is 4.39 Å². The van der Waals surface area contributed by atoms with Crippen LogP contribution in [0.4, 0.5) is 10.1 Å². The highest BCUT2D eigenvalue weighted by molar-refractivity contribution is 7.99. The fourth-order valence-electron chi connectivity index (χ4n) is 6.47. The number of hydrogen-bond acceptors (Lipinski definition) is 4. The third-order valence-electron chi connectivity index (χ3n) is 8.13. The number of anilines is 1. The Morgan fingerprint density at radius 3 is 2.66 bits per heavy atom. The number of piperidine rings is 1. The van der Waals surface area contributed by atoms with Crippen molar-refractivity contribution in [2.24, 2.45) is 11.8 Å². The van der Waals surface area contributed by atoms with Crippen molar-refractivity contribution >= 4 is 52.5 Å². The maximum atomic E-state index is 14.9. The molecule has 1 unspecified atom stereocenters. The van der Waals surface area contributed by atoms with Crippen molar-refractivity contribution < 1.29 is 18.7 Å². The lowest BCUT2D eigenvalue weighted by Crippen LogP contribution is -2.59.